The first-order valence-electron chi connectivity index (χ1n) is 9.94. The number of nitrogens with one attached hydrogen (secondary N) is 2. The summed E-state index contributed by atoms with van der Waals surface area (Å²) in [6, 6.07) is 0.629. The fourth-order valence-corrected chi connectivity index (χ4v) is 3.83. The second-order valence-corrected chi connectivity index (χ2v) is 6.70. The summed E-state index contributed by atoms with van der Waals surface area (Å²) < 4.78 is 2.02. The zero-order valence-electron chi connectivity index (χ0n) is 17.1. The maximum absolute atomic E-state index is 4.85. The van der Waals surface area contributed by atoms with Gasteiger partial charge in [0, 0.05) is 37.4 Å². The summed E-state index contributed by atoms with van der Waals surface area (Å²) in [5.41, 5.74) is 3.76. The number of aliphatic imine (C=N–C) groups is 1. The Kier molecular flexibility index (Phi) is 10.5. The van der Waals surface area contributed by atoms with Crippen LogP contribution in [0.15, 0.2) is 4.99 Å². The number of aryl methyl sites for hydroxylation is 2. The van der Waals surface area contributed by atoms with Crippen LogP contribution >= 0.6 is 24.0 Å². The van der Waals surface area contributed by atoms with Gasteiger partial charge in [0.05, 0.1) is 12.2 Å². The van der Waals surface area contributed by atoms with Gasteiger partial charge in [0.15, 0.2) is 5.96 Å². The summed E-state index contributed by atoms with van der Waals surface area (Å²) in [6.07, 6.45) is 4.54. The van der Waals surface area contributed by atoms with E-state index in [-0.39, 0.29) is 24.0 Å². The van der Waals surface area contributed by atoms with Crippen LogP contribution in [-0.2, 0) is 26.4 Å². The monoisotopic (exact) mass is 476 g/mol. The molecule has 1 saturated heterocycles. The minimum Gasteiger partial charge on any atom is -0.357 e. The molecule has 1 atom stereocenters. The van der Waals surface area contributed by atoms with Crippen molar-refractivity contribution in [2.45, 2.75) is 66.0 Å². The van der Waals surface area contributed by atoms with Crippen LogP contribution in [0.5, 0.6) is 0 Å². The average molecular weight is 476 g/mol. The van der Waals surface area contributed by atoms with E-state index < -0.39 is 0 Å². The summed E-state index contributed by atoms with van der Waals surface area (Å²) in [6.45, 7) is 13.6. The highest BCUT2D eigenvalue weighted by Gasteiger charge is 2.22. The summed E-state index contributed by atoms with van der Waals surface area (Å²) >= 11 is 0. The van der Waals surface area contributed by atoms with Crippen molar-refractivity contribution in [1.29, 1.82) is 0 Å². The van der Waals surface area contributed by atoms with Crippen LogP contribution in [0.1, 0.15) is 57.5 Å². The Morgan fingerprint density at radius 3 is 2.58 bits per heavy atom. The molecule has 6 nitrogen and oxygen atoms in total. The van der Waals surface area contributed by atoms with Gasteiger partial charge in [0.1, 0.15) is 0 Å². The molecule has 0 radical (unpaired) electrons. The zero-order valence-corrected chi connectivity index (χ0v) is 19.5. The molecule has 0 amide bonds. The number of nitrogens with zero attached hydrogens (tertiary/aromatic N) is 4. The first-order chi connectivity index (χ1) is 12.1. The van der Waals surface area contributed by atoms with Gasteiger partial charge in [-0.1, -0.05) is 20.8 Å². The molecule has 0 aromatic carbocycles. The smallest absolute Gasteiger partial charge is 0.191 e. The Hall–Kier alpha value is -0.830. The van der Waals surface area contributed by atoms with Crippen molar-refractivity contribution in [3.05, 3.63) is 17.0 Å². The van der Waals surface area contributed by atoms with Gasteiger partial charge in [0.25, 0.3) is 0 Å². The second-order valence-electron chi connectivity index (χ2n) is 6.70. The molecule has 26 heavy (non-hydrogen) atoms. The Morgan fingerprint density at radius 1 is 1.19 bits per heavy atom. The standard InChI is InChI=1S/C19H36N6.HI/c1-6-17-16(18(7-2)24(5)23-17)14-22-19(20-8-3)21-13-15-11-10-12-25(15)9-4;/h15H,6-14H2,1-5H3,(H2,20,21,22);1H. The van der Waals surface area contributed by atoms with Crippen molar-refractivity contribution in [1.82, 2.24) is 25.3 Å². The van der Waals surface area contributed by atoms with Gasteiger partial charge in [-0.3, -0.25) is 9.58 Å². The zero-order chi connectivity index (χ0) is 18.2. The quantitative estimate of drug-likeness (QED) is 0.344. The van der Waals surface area contributed by atoms with E-state index in [1.807, 2.05) is 11.7 Å². The highest BCUT2D eigenvalue weighted by Crippen LogP contribution is 2.17. The summed E-state index contributed by atoms with van der Waals surface area (Å²) in [5, 5.41) is 11.6. The van der Waals surface area contributed by atoms with Crippen molar-refractivity contribution in [3.63, 3.8) is 0 Å². The number of aromatic nitrogens is 2. The number of guanidine groups is 1. The van der Waals surface area contributed by atoms with Crippen molar-refractivity contribution < 1.29 is 0 Å². The van der Waals surface area contributed by atoms with E-state index in [4.69, 9.17) is 4.99 Å². The van der Waals surface area contributed by atoms with Crippen molar-refractivity contribution >= 4 is 29.9 Å². The number of hydrogen-bond acceptors (Lipinski definition) is 3. The lowest BCUT2D eigenvalue weighted by Crippen LogP contribution is -2.44. The molecule has 1 aromatic rings. The van der Waals surface area contributed by atoms with E-state index in [9.17, 15) is 0 Å². The van der Waals surface area contributed by atoms with Crippen LogP contribution < -0.4 is 10.6 Å². The lowest BCUT2D eigenvalue weighted by Gasteiger charge is -2.24. The molecule has 2 N–H and O–H groups in total. The van der Waals surface area contributed by atoms with Crippen LogP contribution in [0.2, 0.25) is 0 Å². The number of rotatable bonds is 8. The molecular formula is C19H37IN6. The van der Waals surface area contributed by atoms with E-state index in [1.165, 1.54) is 36.3 Å². The van der Waals surface area contributed by atoms with E-state index >= 15 is 0 Å². The fraction of sp³-hybridized carbons (Fsp3) is 0.789. The van der Waals surface area contributed by atoms with Gasteiger partial charge in [-0.2, -0.15) is 5.10 Å². The summed E-state index contributed by atoms with van der Waals surface area (Å²) in [7, 11) is 2.04. The molecule has 1 aliphatic heterocycles. The third kappa shape index (κ3) is 5.84. The minimum absolute atomic E-state index is 0. The molecule has 1 aromatic heterocycles. The van der Waals surface area contributed by atoms with Gasteiger partial charge in [0.2, 0.25) is 0 Å². The Bertz CT molecular complexity index is 569. The number of hydrogen-bond donors (Lipinski definition) is 2. The lowest BCUT2D eigenvalue weighted by atomic mass is 10.1. The molecular weight excluding hydrogens is 439 g/mol. The van der Waals surface area contributed by atoms with E-state index in [0.717, 1.165) is 38.4 Å². The first-order valence-corrected chi connectivity index (χ1v) is 9.94. The molecule has 1 aliphatic rings. The summed E-state index contributed by atoms with van der Waals surface area (Å²) in [4.78, 5) is 7.41. The maximum Gasteiger partial charge on any atom is 0.191 e. The Morgan fingerprint density at radius 2 is 1.96 bits per heavy atom. The second kappa shape index (κ2) is 11.8. The normalized spacial score (nSPS) is 18.0. The number of halogens is 1. The first kappa shape index (κ1) is 23.2. The molecule has 0 spiro atoms. The lowest BCUT2D eigenvalue weighted by molar-refractivity contribution is 0.267. The Labute approximate surface area is 176 Å². The van der Waals surface area contributed by atoms with Crippen LogP contribution in [0, 0.1) is 0 Å². The molecule has 0 aliphatic carbocycles. The molecule has 0 saturated carbocycles. The van der Waals surface area contributed by atoms with E-state index in [1.54, 1.807) is 0 Å². The van der Waals surface area contributed by atoms with E-state index in [0.29, 0.717) is 12.6 Å². The van der Waals surface area contributed by atoms with Crippen molar-refractivity contribution in [2.24, 2.45) is 12.0 Å². The van der Waals surface area contributed by atoms with Gasteiger partial charge in [-0.05, 0) is 45.7 Å². The van der Waals surface area contributed by atoms with Crippen molar-refractivity contribution in [3.8, 4) is 0 Å². The predicted octanol–water partition coefficient (Wildman–Crippen LogP) is 2.70. The number of likely N-dealkylation sites (N-methyl/N-ethyl adjacent to an activating group) is 1. The molecule has 1 unspecified atom stereocenters. The van der Waals surface area contributed by atoms with Crippen LogP contribution in [0.25, 0.3) is 0 Å². The molecule has 2 heterocycles. The minimum atomic E-state index is 0. The molecule has 150 valence electrons. The summed E-state index contributed by atoms with van der Waals surface area (Å²) in [5.74, 6) is 0.915. The van der Waals surface area contributed by atoms with Crippen LogP contribution in [0.4, 0.5) is 0 Å². The highest BCUT2D eigenvalue weighted by molar-refractivity contribution is 14.0. The van der Waals surface area contributed by atoms with E-state index in [2.05, 4.69) is 48.3 Å². The van der Waals surface area contributed by atoms with Gasteiger partial charge >= 0.3 is 0 Å². The van der Waals surface area contributed by atoms with Crippen molar-refractivity contribution in [2.75, 3.05) is 26.2 Å². The number of likely N-dealkylation sites (tertiary alicyclic amines) is 1. The topological polar surface area (TPSA) is 57.5 Å². The van der Waals surface area contributed by atoms with Gasteiger partial charge < -0.3 is 10.6 Å². The molecule has 7 heteroatoms. The predicted molar refractivity (Wildman–Crippen MR) is 120 cm³/mol. The third-order valence-electron chi connectivity index (χ3n) is 5.18. The third-order valence-corrected chi connectivity index (χ3v) is 5.18. The van der Waals surface area contributed by atoms with Crippen LogP contribution in [0.3, 0.4) is 0 Å². The average Bonchev–Trinajstić information content (AvgIpc) is 3.20. The SMILES string of the molecule is CCNC(=NCc1c(CC)nn(C)c1CC)NCC1CCCN1CC.I. The van der Waals surface area contributed by atoms with Gasteiger partial charge in [-0.25, -0.2) is 4.99 Å². The largest absolute Gasteiger partial charge is 0.357 e. The highest BCUT2D eigenvalue weighted by atomic mass is 127. The Balaban J connectivity index is 0.00000338. The molecule has 0 bridgehead atoms. The van der Waals surface area contributed by atoms with Crippen LogP contribution in [-0.4, -0.2) is 52.9 Å². The maximum atomic E-state index is 4.85. The molecule has 1 fully saturated rings. The molecule has 2 rings (SSSR count). The van der Waals surface area contributed by atoms with Gasteiger partial charge in [-0.15, -0.1) is 24.0 Å². The fourth-order valence-electron chi connectivity index (χ4n) is 3.83.